The third kappa shape index (κ3) is 5.04. The minimum Gasteiger partial charge on any atom is -0.490 e. The number of amides is 1. The Kier molecular flexibility index (Phi) is 6.58. The SMILES string of the molecule is CCOc1cccc(CNC(=O)C2CCCCC2(C)N)c1OC(F)F. The summed E-state index contributed by atoms with van der Waals surface area (Å²) >= 11 is 0. The topological polar surface area (TPSA) is 73.6 Å². The molecule has 1 aliphatic carbocycles. The molecular formula is C18H26F2N2O3. The predicted octanol–water partition coefficient (Wildman–Crippen LogP) is 3.21. The van der Waals surface area contributed by atoms with Crippen LogP contribution in [0, 0.1) is 5.92 Å². The van der Waals surface area contributed by atoms with Gasteiger partial charge in [0.25, 0.3) is 0 Å². The Bertz CT molecular complexity index is 594. The summed E-state index contributed by atoms with van der Waals surface area (Å²) < 4.78 is 35.4. The molecule has 25 heavy (non-hydrogen) atoms. The summed E-state index contributed by atoms with van der Waals surface area (Å²) in [6.07, 6.45) is 3.51. The molecule has 1 amide bonds. The molecule has 1 aromatic carbocycles. The Balaban J connectivity index is 2.11. The Morgan fingerprint density at radius 2 is 2.20 bits per heavy atom. The van der Waals surface area contributed by atoms with Gasteiger partial charge >= 0.3 is 6.61 Å². The van der Waals surface area contributed by atoms with Gasteiger partial charge in [-0.1, -0.05) is 25.0 Å². The van der Waals surface area contributed by atoms with Crippen molar-refractivity contribution in [3.8, 4) is 11.5 Å². The van der Waals surface area contributed by atoms with Crippen LogP contribution in [0.1, 0.15) is 45.1 Å². The van der Waals surface area contributed by atoms with Gasteiger partial charge in [0.15, 0.2) is 11.5 Å². The summed E-state index contributed by atoms with van der Waals surface area (Å²) in [6.45, 7) is 1.07. The number of benzene rings is 1. The monoisotopic (exact) mass is 356 g/mol. The van der Waals surface area contributed by atoms with Gasteiger partial charge < -0.3 is 20.5 Å². The number of alkyl halides is 2. The fraction of sp³-hybridized carbons (Fsp3) is 0.611. The summed E-state index contributed by atoms with van der Waals surface area (Å²) in [4.78, 5) is 12.5. The highest BCUT2D eigenvalue weighted by atomic mass is 19.3. The van der Waals surface area contributed by atoms with Gasteiger partial charge in [-0.25, -0.2) is 0 Å². The zero-order chi connectivity index (χ0) is 18.4. The third-order valence-electron chi connectivity index (χ3n) is 4.59. The Morgan fingerprint density at radius 1 is 1.44 bits per heavy atom. The lowest BCUT2D eigenvalue weighted by Crippen LogP contribution is -2.52. The van der Waals surface area contributed by atoms with Gasteiger partial charge in [-0.05, 0) is 32.8 Å². The lowest BCUT2D eigenvalue weighted by atomic mass is 9.74. The molecule has 0 aliphatic heterocycles. The maximum atomic E-state index is 12.7. The predicted molar refractivity (Wildman–Crippen MR) is 90.6 cm³/mol. The number of halogens is 2. The zero-order valence-electron chi connectivity index (χ0n) is 14.7. The van der Waals surface area contributed by atoms with Crippen LogP contribution in [0.15, 0.2) is 18.2 Å². The van der Waals surface area contributed by atoms with Crippen molar-refractivity contribution in [2.45, 2.75) is 58.2 Å². The number of nitrogens with one attached hydrogen (secondary N) is 1. The van der Waals surface area contributed by atoms with E-state index in [0.717, 1.165) is 25.7 Å². The van der Waals surface area contributed by atoms with Crippen molar-refractivity contribution in [2.24, 2.45) is 11.7 Å². The smallest absolute Gasteiger partial charge is 0.387 e. The van der Waals surface area contributed by atoms with Crippen LogP contribution in [-0.4, -0.2) is 24.7 Å². The number of ether oxygens (including phenoxy) is 2. The van der Waals surface area contributed by atoms with E-state index in [4.69, 9.17) is 10.5 Å². The Hall–Kier alpha value is -1.89. The lowest BCUT2D eigenvalue weighted by molar-refractivity contribution is -0.128. The van der Waals surface area contributed by atoms with E-state index in [2.05, 4.69) is 10.1 Å². The van der Waals surface area contributed by atoms with Crippen molar-refractivity contribution in [2.75, 3.05) is 6.61 Å². The summed E-state index contributed by atoms with van der Waals surface area (Å²) in [6, 6.07) is 4.87. The standard InChI is InChI=1S/C18H26F2N2O3/c1-3-24-14-9-6-7-12(15(14)25-17(19)20)11-22-16(23)13-8-4-5-10-18(13,2)21/h6-7,9,13,17H,3-5,8,10-11,21H2,1-2H3,(H,22,23). The van der Waals surface area contributed by atoms with Crippen LogP contribution in [0.5, 0.6) is 11.5 Å². The van der Waals surface area contributed by atoms with Crippen molar-refractivity contribution in [3.05, 3.63) is 23.8 Å². The minimum absolute atomic E-state index is 0.0428. The number of nitrogens with two attached hydrogens (primary N) is 1. The van der Waals surface area contributed by atoms with Crippen LogP contribution in [0.2, 0.25) is 0 Å². The molecule has 1 aromatic rings. The first kappa shape index (κ1) is 19.4. The maximum absolute atomic E-state index is 12.7. The van der Waals surface area contributed by atoms with Gasteiger partial charge in [-0.3, -0.25) is 4.79 Å². The van der Waals surface area contributed by atoms with Gasteiger partial charge in [0.2, 0.25) is 5.91 Å². The molecule has 2 atom stereocenters. The maximum Gasteiger partial charge on any atom is 0.387 e. The van der Waals surface area contributed by atoms with Gasteiger partial charge in [0.1, 0.15) is 0 Å². The van der Waals surface area contributed by atoms with E-state index in [-0.39, 0.29) is 29.9 Å². The van der Waals surface area contributed by atoms with Crippen molar-refractivity contribution in [1.29, 1.82) is 0 Å². The summed E-state index contributed by atoms with van der Waals surface area (Å²) in [5.41, 5.74) is 6.14. The quantitative estimate of drug-likeness (QED) is 0.787. The van der Waals surface area contributed by atoms with Crippen LogP contribution < -0.4 is 20.5 Å². The number of hydrogen-bond donors (Lipinski definition) is 2. The van der Waals surface area contributed by atoms with E-state index in [1.807, 2.05) is 6.92 Å². The first-order valence-corrected chi connectivity index (χ1v) is 8.61. The molecule has 0 saturated heterocycles. The molecule has 1 saturated carbocycles. The average molecular weight is 356 g/mol. The molecule has 0 spiro atoms. The molecule has 2 unspecified atom stereocenters. The van der Waals surface area contributed by atoms with Crippen LogP contribution in [0.25, 0.3) is 0 Å². The highest BCUT2D eigenvalue weighted by molar-refractivity contribution is 5.80. The Morgan fingerprint density at radius 3 is 2.84 bits per heavy atom. The molecule has 7 heteroatoms. The summed E-state index contributed by atoms with van der Waals surface area (Å²) in [5.74, 6) is -0.250. The number of rotatable bonds is 7. The normalized spacial score (nSPS) is 23.4. The van der Waals surface area contributed by atoms with E-state index in [1.54, 1.807) is 25.1 Å². The Labute approximate surface area is 146 Å². The van der Waals surface area contributed by atoms with Crippen LogP contribution >= 0.6 is 0 Å². The number of carbonyl (C=O) groups is 1. The molecule has 1 aliphatic rings. The molecule has 5 nitrogen and oxygen atoms in total. The fourth-order valence-corrected chi connectivity index (χ4v) is 3.29. The van der Waals surface area contributed by atoms with E-state index < -0.39 is 12.2 Å². The molecule has 3 N–H and O–H groups in total. The second-order valence-corrected chi connectivity index (χ2v) is 6.58. The number of para-hydroxylation sites is 1. The van der Waals surface area contributed by atoms with Crippen molar-refractivity contribution < 1.29 is 23.0 Å². The van der Waals surface area contributed by atoms with Gasteiger partial charge in [-0.15, -0.1) is 0 Å². The average Bonchev–Trinajstić information content (AvgIpc) is 2.54. The van der Waals surface area contributed by atoms with Crippen molar-refractivity contribution >= 4 is 5.91 Å². The third-order valence-corrected chi connectivity index (χ3v) is 4.59. The van der Waals surface area contributed by atoms with E-state index >= 15 is 0 Å². The molecule has 0 bridgehead atoms. The first-order valence-electron chi connectivity index (χ1n) is 8.61. The second kappa shape index (κ2) is 8.47. The first-order chi connectivity index (χ1) is 11.8. The number of hydrogen-bond acceptors (Lipinski definition) is 4. The fourth-order valence-electron chi connectivity index (χ4n) is 3.29. The zero-order valence-corrected chi connectivity index (χ0v) is 14.7. The molecular weight excluding hydrogens is 330 g/mol. The summed E-state index contributed by atoms with van der Waals surface area (Å²) in [7, 11) is 0. The largest absolute Gasteiger partial charge is 0.490 e. The van der Waals surface area contributed by atoms with Crippen LogP contribution in [0.4, 0.5) is 8.78 Å². The minimum atomic E-state index is -2.97. The molecule has 0 heterocycles. The molecule has 140 valence electrons. The van der Waals surface area contributed by atoms with E-state index in [1.165, 1.54) is 0 Å². The van der Waals surface area contributed by atoms with Gasteiger partial charge in [0, 0.05) is 17.6 Å². The van der Waals surface area contributed by atoms with Crippen molar-refractivity contribution in [1.82, 2.24) is 5.32 Å². The molecule has 0 aromatic heterocycles. The van der Waals surface area contributed by atoms with Crippen LogP contribution in [0.3, 0.4) is 0 Å². The highest BCUT2D eigenvalue weighted by Gasteiger charge is 2.37. The van der Waals surface area contributed by atoms with Crippen molar-refractivity contribution in [3.63, 3.8) is 0 Å². The van der Waals surface area contributed by atoms with Gasteiger partial charge in [-0.2, -0.15) is 8.78 Å². The second-order valence-electron chi connectivity index (χ2n) is 6.58. The molecule has 2 rings (SSSR count). The highest BCUT2D eigenvalue weighted by Crippen LogP contribution is 2.34. The molecule has 1 fully saturated rings. The lowest BCUT2D eigenvalue weighted by Gasteiger charge is -2.37. The summed E-state index contributed by atoms with van der Waals surface area (Å²) in [5, 5.41) is 2.81. The van der Waals surface area contributed by atoms with Crippen LogP contribution in [-0.2, 0) is 11.3 Å². The van der Waals surface area contributed by atoms with E-state index in [9.17, 15) is 13.6 Å². The molecule has 0 radical (unpaired) electrons. The van der Waals surface area contributed by atoms with Gasteiger partial charge in [0.05, 0.1) is 12.5 Å². The number of carbonyl (C=O) groups excluding carboxylic acids is 1. The van der Waals surface area contributed by atoms with E-state index in [0.29, 0.717) is 12.2 Å².